The smallest absolute Gasteiger partial charge is 0.334 e. The Hall–Kier alpha value is -4.08. The van der Waals surface area contributed by atoms with E-state index < -0.39 is 46.8 Å². The van der Waals surface area contributed by atoms with Gasteiger partial charge in [0.15, 0.2) is 23.0 Å². The first-order valence-corrected chi connectivity index (χ1v) is 9.30. The fraction of sp³-hybridized carbons (Fsp3) is 0.273. The Kier molecular flexibility index (Phi) is 6.06. The molecule has 0 saturated heterocycles. The summed E-state index contributed by atoms with van der Waals surface area (Å²) < 4.78 is 20.4. The summed E-state index contributed by atoms with van der Waals surface area (Å²) in [7, 11) is 4.89. The molecule has 170 valence electrons. The Morgan fingerprint density at radius 1 is 0.812 bits per heavy atom. The molecule has 3 rings (SSSR count). The summed E-state index contributed by atoms with van der Waals surface area (Å²) in [5.74, 6) is -6.26. The van der Waals surface area contributed by atoms with Gasteiger partial charge in [-0.3, -0.25) is 4.79 Å². The zero-order chi connectivity index (χ0) is 23.7. The highest BCUT2D eigenvalue weighted by molar-refractivity contribution is 6.03. The molecule has 1 aliphatic rings. The molecule has 32 heavy (non-hydrogen) atoms. The van der Waals surface area contributed by atoms with Crippen molar-refractivity contribution in [1.82, 2.24) is 0 Å². The van der Waals surface area contributed by atoms with Crippen molar-refractivity contribution in [3.63, 3.8) is 0 Å². The highest BCUT2D eigenvalue weighted by Gasteiger charge is 2.46. The molecule has 0 aliphatic heterocycles. The minimum absolute atomic E-state index is 0.0216. The normalized spacial score (nSPS) is 17.1. The van der Waals surface area contributed by atoms with Crippen LogP contribution < -0.4 is 9.47 Å². The van der Waals surface area contributed by atoms with E-state index in [4.69, 9.17) is 18.9 Å². The SMILES string of the molecule is COC(=O)C1=Cc2c(OC)cc(O)c(O)c2[C@@H](c2cc(O)c(O)cc2OC)[C@@H]1C(=O)OC. The van der Waals surface area contributed by atoms with Gasteiger partial charge in [-0.05, 0) is 12.1 Å². The second-order valence-corrected chi connectivity index (χ2v) is 6.93. The van der Waals surface area contributed by atoms with E-state index in [1.165, 1.54) is 20.3 Å². The number of carbonyl (C=O) groups excluding carboxylic acids is 2. The maximum Gasteiger partial charge on any atom is 0.334 e. The van der Waals surface area contributed by atoms with Gasteiger partial charge in [0, 0.05) is 34.7 Å². The van der Waals surface area contributed by atoms with Gasteiger partial charge in [-0.15, -0.1) is 0 Å². The number of hydrogen-bond donors (Lipinski definition) is 4. The summed E-state index contributed by atoms with van der Waals surface area (Å²) in [6, 6.07) is 3.40. The largest absolute Gasteiger partial charge is 0.504 e. The second-order valence-electron chi connectivity index (χ2n) is 6.93. The van der Waals surface area contributed by atoms with Gasteiger partial charge >= 0.3 is 11.9 Å². The maximum atomic E-state index is 12.9. The van der Waals surface area contributed by atoms with Crippen LogP contribution in [0.5, 0.6) is 34.5 Å². The van der Waals surface area contributed by atoms with Crippen molar-refractivity contribution in [3.8, 4) is 34.5 Å². The van der Waals surface area contributed by atoms with Crippen molar-refractivity contribution in [3.05, 3.63) is 40.5 Å². The van der Waals surface area contributed by atoms with Gasteiger partial charge in [0.2, 0.25) is 0 Å². The van der Waals surface area contributed by atoms with Crippen molar-refractivity contribution in [2.45, 2.75) is 5.92 Å². The number of phenols is 4. The van der Waals surface area contributed by atoms with Crippen molar-refractivity contribution in [2.75, 3.05) is 28.4 Å². The molecule has 0 bridgehead atoms. The Morgan fingerprint density at radius 2 is 1.41 bits per heavy atom. The maximum absolute atomic E-state index is 12.9. The molecule has 0 spiro atoms. The van der Waals surface area contributed by atoms with Gasteiger partial charge in [-0.1, -0.05) is 0 Å². The first-order valence-electron chi connectivity index (χ1n) is 9.30. The van der Waals surface area contributed by atoms with E-state index in [2.05, 4.69) is 0 Å². The zero-order valence-electron chi connectivity index (χ0n) is 17.7. The molecule has 0 fully saturated rings. The van der Waals surface area contributed by atoms with Gasteiger partial charge in [0.25, 0.3) is 0 Å². The summed E-state index contributed by atoms with van der Waals surface area (Å²) in [5.41, 5.74) is 0.225. The molecular weight excluding hydrogens is 424 g/mol. The molecule has 0 amide bonds. The highest BCUT2D eigenvalue weighted by Crippen LogP contribution is 2.54. The molecule has 10 heteroatoms. The fourth-order valence-corrected chi connectivity index (χ4v) is 3.92. The van der Waals surface area contributed by atoms with Gasteiger partial charge < -0.3 is 39.4 Å². The summed E-state index contributed by atoms with van der Waals surface area (Å²) in [4.78, 5) is 25.5. The van der Waals surface area contributed by atoms with Crippen LogP contribution in [0.25, 0.3) is 6.08 Å². The Morgan fingerprint density at radius 3 is 1.97 bits per heavy atom. The monoisotopic (exact) mass is 446 g/mol. The van der Waals surface area contributed by atoms with Crippen molar-refractivity contribution in [1.29, 1.82) is 0 Å². The van der Waals surface area contributed by atoms with Gasteiger partial charge in [0.05, 0.1) is 34.0 Å². The topological polar surface area (TPSA) is 152 Å². The highest BCUT2D eigenvalue weighted by atomic mass is 16.5. The van der Waals surface area contributed by atoms with Crippen molar-refractivity contribution in [2.24, 2.45) is 5.92 Å². The Labute approximate surface area is 182 Å². The number of benzene rings is 2. The van der Waals surface area contributed by atoms with Crippen molar-refractivity contribution >= 4 is 18.0 Å². The van der Waals surface area contributed by atoms with Gasteiger partial charge in [0.1, 0.15) is 17.4 Å². The first kappa shape index (κ1) is 22.6. The van der Waals surface area contributed by atoms with E-state index >= 15 is 0 Å². The van der Waals surface area contributed by atoms with Crippen LogP contribution in [0.1, 0.15) is 22.6 Å². The van der Waals surface area contributed by atoms with Gasteiger partial charge in [-0.25, -0.2) is 4.79 Å². The van der Waals surface area contributed by atoms with E-state index in [9.17, 15) is 30.0 Å². The lowest BCUT2D eigenvalue weighted by Crippen LogP contribution is -2.33. The quantitative estimate of drug-likeness (QED) is 0.396. The van der Waals surface area contributed by atoms with Crippen LogP contribution in [0.3, 0.4) is 0 Å². The lowest BCUT2D eigenvalue weighted by Gasteiger charge is -2.34. The number of esters is 2. The minimum Gasteiger partial charge on any atom is -0.504 e. The van der Waals surface area contributed by atoms with Crippen LogP contribution in [0.2, 0.25) is 0 Å². The van der Waals surface area contributed by atoms with E-state index in [0.717, 1.165) is 32.4 Å². The third-order valence-corrected chi connectivity index (χ3v) is 5.36. The lowest BCUT2D eigenvalue weighted by atomic mass is 9.70. The number of phenolic OH excluding ortho intramolecular Hbond substituents is 4. The molecule has 2 aromatic rings. The average molecular weight is 446 g/mol. The predicted octanol–water partition coefficient (Wildman–Crippen LogP) is 2.02. The Balaban J connectivity index is 2.50. The number of methoxy groups -OCH3 is 4. The molecule has 2 atom stereocenters. The summed E-state index contributed by atoms with van der Waals surface area (Å²) >= 11 is 0. The second kappa shape index (κ2) is 8.58. The summed E-state index contributed by atoms with van der Waals surface area (Å²) in [6.07, 6.45) is 1.31. The molecule has 0 heterocycles. The van der Waals surface area contributed by atoms with Crippen LogP contribution in [-0.4, -0.2) is 60.8 Å². The third kappa shape index (κ3) is 3.49. The third-order valence-electron chi connectivity index (χ3n) is 5.36. The van der Waals surface area contributed by atoms with Crippen LogP contribution in [-0.2, 0) is 19.1 Å². The van der Waals surface area contributed by atoms with Crippen molar-refractivity contribution < 1.29 is 49.0 Å². The van der Waals surface area contributed by atoms with Crippen LogP contribution >= 0.6 is 0 Å². The molecule has 4 N–H and O–H groups in total. The average Bonchev–Trinajstić information content (AvgIpc) is 2.80. The molecule has 2 aromatic carbocycles. The van der Waals surface area contributed by atoms with Crippen LogP contribution in [0, 0.1) is 5.92 Å². The number of hydrogen-bond acceptors (Lipinski definition) is 10. The molecule has 0 unspecified atom stereocenters. The predicted molar refractivity (Wildman–Crippen MR) is 110 cm³/mol. The fourth-order valence-electron chi connectivity index (χ4n) is 3.92. The van der Waals surface area contributed by atoms with E-state index in [1.54, 1.807) is 0 Å². The molecule has 0 saturated carbocycles. The number of carbonyl (C=O) groups is 2. The molecule has 0 aromatic heterocycles. The van der Waals surface area contributed by atoms with E-state index in [1.807, 2.05) is 0 Å². The number of aromatic hydroxyl groups is 4. The summed E-state index contributed by atoms with van der Waals surface area (Å²) in [6.45, 7) is 0. The summed E-state index contributed by atoms with van der Waals surface area (Å²) in [5, 5.41) is 41.2. The molecular formula is C22H22O10. The molecule has 1 aliphatic carbocycles. The minimum atomic E-state index is -1.37. The molecule has 0 radical (unpaired) electrons. The number of ether oxygens (including phenoxy) is 4. The number of rotatable bonds is 5. The van der Waals surface area contributed by atoms with Crippen LogP contribution in [0.15, 0.2) is 23.8 Å². The van der Waals surface area contributed by atoms with E-state index in [0.29, 0.717) is 0 Å². The standard InChI is InChI=1S/C22H22O10/c1-29-15-7-13(24)12(23)6-10(15)17-18-9(16(30-2)8-14(25)20(18)26)5-11(21(27)31-3)19(17)22(28)32-4/h5-8,17,19,23-26H,1-4H3/t17-,19-/m1/s1. The van der Waals surface area contributed by atoms with Crippen LogP contribution in [0.4, 0.5) is 0 Å². The number of fused-ring (bicyclic) bond motifs is 1. The lowest BCUT2D eigenvalue weighted by molar-refractivity contribution is -0.147. The Bertz CT molecular complexity index is 1120. The zero-order valence-corrected chi connectivity index (χ0v) is 17.7. The first-order chi connectivity index (χ1) is 15.2. The van der Waals surface area contributed by atoms with E-state index in [-0.39, 0.29) is 33.8 Å². The molecule has 10 nitrogen and oxygen atoms in total. The van der Waals surface area contributed by atoms with Gasteiger partial charge in [-0.2, -0.15) is 0 Å².